The monoisotopic (exact) mass is 293 g/mol. The van der Waals surface area contributed by atoms with Crippen LogP contribution in [-0.2, 0) is 20.8 Å². The van der Waals surface area contributed by atoms with Crippen molar-refractivity contribution in [1.82, 2.24) is 6.15 Å². The van der Waals surface area contributed by atoms with E-state index in [0.717, 1.165) is 0 Å². The van der Waals surface area contributed by atoms with Gasteiger partial charge in [-0.15, -0.1) is 0 Å². The maximum atomic E-state index is 8.74. The Morgan fingerprint density at radius 3 is 0.615 bits per heavy atom. The van der Waals surface area contributed by atoms with Gasteiger partial charge in [0.25, 0.3) is 0 Å². The second kappa shape index (κ2) is 13.0. The molecule has 0 saturated carbocycles. The molecule has 13 heavy (non-hydrogen) atoms. The average Bonchev–Trinajstić information content (AvgIpc) is 1.12. The third kappa shape index (κ3) is 285. The first-order valence-corrected chi connectivity index (χ1v) is 4.19. The zero-order valence-electron chi connectivity index (χ0n) is 4.95. The van der Waals surface area contributed by atoms with Crippen LogP contribution in [0.15, 0.2) is 0 Å². The molecule has 0 aliphatic carbocycles. The van der Waals surface area contributed by atoms with Gasteiger partial charge in [0, 0.05) is 0 Å². The summed E-state index contributed by atoms with van der Waals surface area (Å²) in [6, 6.07) is 0. The Morgan fingerprint density at radius 2 is 0.615 bits per heavy atom. The fraction of sp³-hybridized carbons (Fsp3) is 0. The number of hydrogen-bond acceptors (Lipinski definition) is 5. The molecule has 0 rings (SSSR count). The first-order valence-electron chi connectivity index (χ1n) is 1.40. The minimum atomic E-state index is -4.67. The molecule has 0 radical (unpaired) electrons. The summed E-state index contributed by atoms with van der Waals surface area (Å²) in [5.74, 6) is 0. The molecule has 0 aromatic heterocycles. The zero-order valence-corrected chi connectivity index (χ0v) is 6.58. The first-order chi connectivity index (χ1) is 4.00. The molecule has 76 valence electrons. The van der Waals surface area contributed by atoms with Gasteiger partial charge >= 0.3 is 124 Å². The van der Waals surface area contributed by atoms with Crippen LogP contribution < -0.4 is 6.15 Å². The van der Waals surface area contributed by atoms with Crippen molar-refractivity contribution in [2.75, 3.05) is 0 Å². The molecule has 0 aromatic rings. The van der Waals surface area contributed by atoms with Crippen molar-refractivity contribution in [3.63, 3.8) is 0 Å². The zero-order chi connectivity index (χ0) is 9.00. The summed E-state index contributed by atoms with van der Waals surface area (Å²) in [5, 5.41) is 0. The Bertz CT molecular complexity index is 217. The van der Waals surface area contributed by atoms with Crippen LogP contribution in [0, 0.1) is 0 Å². The molecule has 9 nitrogen and oxygen atoms in total. The predicted molar refractivity (Wildman–Crippen MR) is 47.7 cm³/mol. The van der Waals surface area contributed by atoms with E-state index in [4.69, 9.17) is 35.0 Å². The van der Waals surface area contributed by atoms with Gasteiger partial charge in [0.1, 0.15) is 0 Å². The topological polar surface area (TPSA) is 184 Å². The van der Waals surface area contributed by atoms with E-state index in [1.807, 2.05) is 0 Å². The number of hydrogen-bond donors (Lipinski definition) is 5. The number of rotatable bonds is 0. The molecule has 0 heterocycles. The molecular formula is H9K2NO8S2. The predicted octanol–water partition coefficient (Wildman–Crippen LogP) is -2.44. The van der Waals surface area contributed by atoms with Crippen LogP contribution in [0.5, 0.6) is 0 Å². The van der Waals surface area contributed by atoms with E-state index in [0.29, 0.717) is 0 Å². The molecule has 0 saturated heterocycles. The molecule has 0 spiro atoms. The summed E-state index contributed by atoms with van der Waals surface area (Å²) in [5.41, 5.74) is 0. The SMILES string of the molecule is N.O=S(=O)(O)O.O=S(=O)(O)O.[KH].[KH]. The molecule has 0 fully saturated rings. The van der Waals surface area contributed by atoms with Crippen LogP contribution in [-0.4, -0.2) is 138 Å². The fourth-order valence-electron chi connectivity index (χ4n) is 0. The quantitative estimate of drug-likeness (QED) is 0.239. The van der Waals surface area contributed by atoms with Gasteiger partial charge < -0.3 is 6.15 Å². The van der Waals surface area contributed by atoms with Crippen LogP contribution >= 0.6 is 0 Å². The van der Waals surface area contributed by atoms with Crippen LogP contribution in [0.1, 0.15) is 0 Å². The van der Waals surface area contributed by atoms with Crippen molar-refractivity contribution in [1.29, 1.82) is 0 Å². The van der Waals surface area contributed by atoms with E-state index < -0.39 is 20.8 Å². The third-order valence-electron chi connectivity index (χ3n) is 0. The van der Waals surface area contributed by atoms with Gasteiger partial charge in [-0.2, -0.15) is 16.8 Å². The van der Waals surface area contributed by atoms with Crippen LogP contribution in [0.2, 0.25) is 0 Å². The summed E-state index contributed by atoms with van der Waals surface area (Å²) in [6.45, 7) is 0. The van der Waals surface area contributed by atoms with Crippen LogP contribution in [0.3, 0.4) is 0 Å². The first kappa shape index (κ1) is 29.7. The van der Waals surface area contributed by atoms with Gasteiger partial charge in [0.15, 0.2) is 0 Å². The van der Waals surface area contributed by atoms with Gasteiger partial charge in [-0.3, -0.25) is 18.2 Å². The third-order valence-corrected chi connectivity index (χ3v) is 0. The summed E-state index contributed by atoms with van der Waals surface area (Å²) in [4.78, 5) is 0. The molecule has 7 N–H and O–H groups in total. The molecule has 0 atom stereocenters. The van der Waals surface area contributed by atoms with Crippen LogP contribution in [0.25, 0.3) is 0 Å². The van der Waals surface area contributed by atoms with Gasteiger partial charge in [-0.1, -0.05) is 0 Å². The van der Waals surface area contributed by atoms with E-state index >= 15 is 0 Å². The Labute approximate surface area is 161 Å². The van der Waals surface area contributed by atoms with Gasteiger partial charge in [-0.05, 0) is 0 Å². The average molecular weight is 293 g/mol. The van der Waals surface area contributed by atoms with Gasteiger partial charge in [-0.25, -0.2) is 0 Å². The van der Waals surface area contributed by atoms with E-state index in [1.165, 1.54) is 0 Å². The van der Waals surface area contributed by atoms with Crippen molar-refractivity contribution in [3.05, 3.63) is 0 Å². The second-order valence-electron chi connectivity index (χ2n) is 0.896. The Hall–Kier alpha value is 2.97. The molecule has 0 aromatic carbocycles. The normalized spacial score (nSPS) is 8.92. The van der Waals surface area contributed by atoms with Crippen molar-refractivity contribution >= 4 is 124 Å². The summed E-state index contributed by atoms with van der Waals surface area (Å²) >= 11 is 0. The fourth-order valence-corrected chi connectivity index (χ4v) is 0. The van der Waals surface area contributed by atoms with Crippen molar-refractivity contribution in [2.45, 2.75) is 0 Å². The Kier molecular flexibility index (Phi) is 29.8. The summed E-state index contributed by atoms with van der Waals surface area (Å²) in [7, 11) is -9.33. The van der Waals surface area contributed by atoms with E-state index in [9.17, 15) is 0 Å². The second-order valence-corrected chi connectivity index (χ2v) is 2.69. The van der Waals surface area contributed by atoms with Crippen molar-refractivity contribution in [3.8, 4) is 0 Å². The molecular weight excluding hydrogens is 284 g/mol. The molecule has 13 heteroatoms. The van der Waals surface area contributed by atoms with Gasteiger partial charge in [0.2, 0.25) is 0 Å². The molecule has 0 aliphatic heterocycles. The Balaban J connectivity index is -0.0000000267. The van der Waals surface area contributed by atoms with E-state index in [-0.39, 0.29) is 109 Å². The van der Waals surface area contributed by atoms with E-state index in [1.54, 1.807) is 0 Å². The molecule has 0 unspecified atom stereocenters. The standard InChI is InChI=1S/2K.H3N.2H2O4S.2H/c;;;2*1-5(2,3)4;;/h;;1H3;2*(H2,1,2,3,4);;. The summed E-state index contributed by atoms with van der Waals surface area (Å²) in [6.07, 6.45) is 0. The summed E-state index contributed by atoms with van der Waals surface area (Å²) < 4.78 is 63.2. The Morgan fingerprint density at radius 1 is 0.615 bits per heavy atom. The van der Waals surface area contributed by atoms with Crippen molar-refractivity contribution < 1.29 is 35.0 Å². The molecule has 0 aliphatic rings. The molecule has 0 bridgehead atoms. The van der Waals surface area contributed by atoms with Gasteiger partial charge in [0.05, 0.1) is 0 Å². The van der Waals surface area contributed by atoms with Crippen molar-refractivity contribution in [2.24, 2.45) is 0 Å². The van der Waals surface area contributed by atoms with Crippen LogP contribution in [0.4, 0.5) is 0 Å². The minimum absolute atomic E-state index is 0. The maximum absolute atomic E-state index is 8.74. The van der Waals surface area contributed by atoms with E-state index in [2.05, 4.69) is 0 Å². The molecule has 0 amide bonds.